The molecule has 4 rings (SSSR count). The third kappa shape index (κ3) is 3.87. The molecule has 3 aromatic carbocycles. The average Bonchev–Trinajstić information content (AvgIpc) is 2.78. The van der Waals surface area contributed by atoms with Gasteiger partial charge in [-0.05, 0) is 65.6 Å². The summed E-state index contributed by atoms with van der Waals surface area (Å²) in [6, 6.07) is 14.5. The normalized spacial score (nSPS) is 16.4. The lowest BCUT2D eigenvalue weighted by Gasteiger charge is -2.21. The van der Waals surface area contributed by atoms with E-state index in [1.165, 1.54) is 12.1 Å². The van der Waals surface area contributed by atoms with Gasteiger partial charge in [-0.1, -0.05) is 55.8 Å². The van der Waals surface area contributed by atoms with Crippen LogP contribution in [0.25, 0.3) is 27.8 Å². The van der Waals surface area contributed by atoms with Crippen LogP contribution in [0.4, 0.5) is 13.2 Å². The van der Waals surface area contributed by atoms with Crippen LogP contribution in [-0.2, 0) is 0 Å². The van der Waals surface area contributed by atoms with Crippen molar-refractivity contribution in [3.63, 3.8) is 0 Å². The summed E-state index contributed by atoms with van der Waals surface area (Å²) in [5, 5.41) is 9.28. The molecule has 0 heterocycles. The van der Waals surface area contributed by atoms with Gasteiger partial charge in [0.2, 0.25) is 5.82 Å². The van der Waals surface area contributed by atoms with E-state index in [1.807, 2.05) is 12.1 Å². The first-order chi connectivity index (χ1) is 14.5. The zero-order chi connectivity index (χ0) is 21.3. The molecule has 0 aromatic heterocycles. The predicted octanol–water partition coefficient (Wildman–Crippen LogP) is 7.74. The maximum Gasteiger partial charge on any atom is 0.200 e. The third-order valence-corrected chi connectivity index (χ3v) is 6.00. The summed E-state index contributed by atoms with van der Waals surface area (Å²) in [5.74, 6) is -2.63. The van der Waals surface area contributed by atoms with Crippen molar-refractivity contribution in [3.05, 3.63) is 83.7 Å². The van der Waals surface area contributed by atoms with Gasteiger partial charge in [0.1, 0.15) is 5.82 Å². The molecule has 30 heavy (non-hydrogen) atoms. The monoisotopic (exact) mass is 408 g/mol. The number of aromatic hydroxyl groups is 1. The Morgan fingerprint density at radius 1 is 0.833 bits per heavy atom. The van der Waals surface area contributed by atoms with Crippen LogP contribution < -0.4 is 0 Å². The molecule has 0 aliphatic heterocycles. The van der Waals surface area contributed by atoms with E-state index >= 15 is 0 Å². The lowest BCUT2D eigenvalue weighted by molar-refractivity contribution is 0.408. The summed E-state index contributed by atoms with van der Waals surface area (Å²) in [6.07, 6.45) is 6.32. The Labute approximate surface area is 174 Å². The largest absolute Gasteiger partial charge is 0.505 e. The summed E-state index contributed by atoms with van der Waals surface area (Å²) in [7, 11) is 0. The molecule has 1 atom stereocenters. The molecule has 3 aromatic rings. The molecule has 0 saturated carbocycles. The van der Waals surface area contributed by atoms with E-state index in [0.29, 0.717) is 17.0 Å². The van der Waals surface area contributed by atoms with Gasteiger partial charge in [-0.3, -0.25) is 0 Å². The van der Waals surface area contributed by atoms with E-state index in [0.717, 1.165) is 48.4 Å². The maximum atomic E-state index is 14.8. The lowest BCUT2D eigenvalue weighted by Crippen LogP contribution is -2.05. The molecule has 0 radical (unpaired) electrons. The van der Waals surface area contributed by atoms with E-state index in [-0.39, 0.29) is 11.4 Å². The van der Waals surface area contributed by atoms with Crippen LogP contribution in [0.1, 0.15) is 38.2 Å². The van der Waals surface area contributed by atoms with Gasteiger partial charge < -0.3 is 5.11 Å². The quantitative estimate of drug-likeness (QED) is 0.468. The number of hydrogen-bond acceptors (Lipinski definition) is 1. The van der Waals surface area contributed by atoms with Crippen molar-refractivity contribution in [1.29, 1.82) is 0 Å². The molecule has 1 unspecified atom stereocenters. The second-order valence-corrected chi connectivity index (χ2v) is 7.81. The Morgan fingerprint density at radius 2 is 1.50 bits per heavy atom. The Hall–Kier alpha value is -3.01. The molecule has 0 bridgehead atoms. The van der Waals surface area contributed by atoms with Crippen LogP contribution in [0.3, 0.4) is 0 Å². The van der Waals surface area contributed by atoms with Crippen LogP contribution in [0, 0.1) is 23.4 Å². The van der Waals surface area contributed by atoms with Crippen LogP contribution >= 0.6 is 0 Å². The molecule has 1 aliphatic carbocycles. The van der Waals surface area contributed by atoms with Gasteiger partial charge in [-0.15, -0.1) is 0 Å². The van der Waals surface area contributed by atoms with Crippen molar-refractivity contribution < 1.29 is 18.3 Å². The van der Waals surface area contributed by atoms with Crippen molar-refractivity contribution in [2.75, 3.05) is 0 Å². The smallest absolute Gasteiger partial charge is 0.200 e. The highest BCUT2D eigenvalue weighted by molar-refractivity contribution is 5.74. The minimum absolute atomic E-state index is 0.0630. The molecule has 0 saturated heterocycles. The summed E-state index contributed by atoms with van der Waals surface area (Å²) >= 11 is 0. The van der Waals surface area contributed by atoms with E-state index < -0.39 is 17.4 Å². The van der Waals surface area contributed by atoms with Crippen LogP contribution in [-0.4, -0.2) is 5.11 Å². The highest BCUT2D eigenvalue weighted by Crippen LogP contribution is 2.35. The van der Waals surface area contributed by atoms with Gasteiger partial charge in [-0.2, -0.15) is 4.39 Å². The molecule has 0 amide bonds. The van der Waals surface area contributed by atoms with E-state index in [1.54, 1.807) is 24.3 Å². The first kappa shape index (κ1) is 20.3. The minimum Gasteiger partial charge on any atom is -0.505 e. The zero-order valence-electron chi connectivity index (χ0n) is 16.8. The number of benzene rings is 3. The summed E-state index contributed by atoms with van der Waals surface area (Å²) in [6.45, 7) is 2.19. The Morgan fingerprint density at radius 3 is 2.13 bits per heavy atom. The zero-order valence-corrected chi connectivity index (χ0v) is 16.8. The molecule has 0 spiro atoms. The van der Waals surface area contributed by atoms with E-state index in [2.05, 4.69) is 13.0 Å². The standard InChI is InChI=1S/C26H23F3O/c1-2-16-3-5-18(6-4-16)21-12-11-20(15-23(21)27)17-7-9-19(10-8-17)22-13-14-24(30)26(29)25(22)28/h5,7-16,30H,2-4,6H2,1H3. The molecular weight excluding hydrogens is 385 g/mol. The fourth-order valence-electron chi connectivity index (χ4n) is 4.06. The maximum absolute atomic E-state index is 14.8. The topological polar surface area (TPSA) is 20.2 Å². The summed E-state index contributed by atoms with van der Waals surface area (Å²) < 4.78 is 42.6. The second kappa shape index (κ2) is 8.39. The molecular formula is C26H23F3O. The number of hydrogen-bond donors (Lipinski definition) is 1. The molecule has 0 fully saturated rings. The minimum atomic E-state index is -1.27. The Kier molecular flexibility index (Phi) is 5.67. The SMILES string of the molecule is CCC1CC=C(c2ccc(-c3ccc(-c4ccc(O)c(F)c4F)cc3)cc2F)CC1. The van der Waals surface area contributed by atoms with Gasteiger partial charge in [0.25, 0.3) is 0 Å². The number of phenols is 1. The second-order valence-electron chi connectivity index (χ2n) is 7.81. The van der Waals surface area contributed by atoms with Crippen LogP contribution in [0.15, 0.2) is 60.7 Å². The van der Waals surface area contributed by atoms with Crippen molar-refractivity contribution in [2.45, 2.75) is 32.6 Å². The first-order valence-corrected chi connectivity index (χ1v) is 10.2. The van der Waals surface area contributed by atoms with E-state index in [4.69, 9.17) is 0 Å². The average molecular weight is 408 g/mol. The first-order valence-electron chi connectivity index (χ1n) is 10.2. The van der Waals surface area contributed by atoms with E-state index in [9.17, 15) is 18.3 Å². The molecule has 1 aliphatic rings. The Bertz CT molecular complexity index is 1100. The summed E-state index contributed by atoms with van der Waals surface area (Å²) in [4.78, 5) is 0. The number of halogens is 3. The molecule has 154 valence electrons. The van der Waals surface area contributed by atoms with Crippen molar-refractivity contribution >= 4 is 5.57 Å². The molecule has 1 N–H and O–H groups in total. The van der Waals surface area contributed by atoms with Gasteiger partial charge in [0.15, 0.2) is 11.6 Å². The van der Waals surface area contributed by atoms with Crippen molar-refractivity contribution in [2.24, 2.45) is 5.92 Å². The van der Waals surface area contributed by atoms with Crippen LogP contribution in [0.2, 0.25) is 0 Å². The van der Waals surface area contributed by atoms with Gasteiger partial charge >= 0.3 is 0 Å². The fourth-order valence-corrected chi connectivity index (χ4v) is 4.06. The van der Waals surface area contributed by atoms with Gasteiger partial charge in [-0.25, -0.2) is 8.78 Å². The fraction of sp³-hybridized carbons (Fsp3) is 0.231. The van der Waals surface area contributed by atoms with Gasteiger partial charge in [0, 0.05) is 11.1 Å². The predicted molar refractivity (Wildman–Crippen MR) is 114 cm³/mol. The van der Waals surface area contributed by atoms with Crippen molar-refractivity contribution in [3.8, 4) is 28.0 Å². The number of phenolic OH excluding ortho intramolecular Hbond substituents is 1. The molecule has 1 nitrogen and oxygen atoms in total. The highest BCUT2D eigenvalue weighted by atomic mass is 19.2. The van der Waals surface area contributed by atoms with Crippen molar-refractivity contribution in [1.82, 2.24) is 0 Å². The third-order valence-electron chi connectivity index (χ3n) is 6.00. The Balaban J connectivity index is 1.59. The molecule has 4 heteroatoms. The number of rotatable bonds is 4. The lowest BCUT2D eigenvalue weighted by atomic mass is 9.85. The number of allylic oxidation sites excluding steroid dienone is 2. The highest BCUT2D eigenvalue weighted by Gasteiger charge is 2.17. The van der Waals surface area contributed by atoms with Gasteiger partial charge in [0.05, 0.1) is 0 Å². The summed E-state index contributed by atoms with van der Waals surface area (Å²) in [5.41, 5.74) is 3.78. The van der Waals surface area contributed by atoms with Crippen LogP contribution in [0.5, 0.6) is 5.75 Å².